The molecule has 0 aromatic heterocycles. The molecule has 0 amide bonds. The molecule has 2 aromatic carbocycles. The first kappa shape index (κ1) is 22.7. The molecule has 4 rings (SSSR count). The Bertz CT molecular complexity index is 952. The average Bonchev–Trinajstić information content (AvgIpc) is 3.07. The summed E-state index contributed by atoms with van der Waals surface area (Å²) in [6.45, 7) is 6.11. The topological polar surface area (TPSA) is 99.4 Å². The molecule has 2 aromatic rings. The Balaban J connectivity index is 1.68. The van der Waals surface area contributed by atoms with Gasteiger partial charge in [-0.05, 0) is 46.2 Å². The number of hydrogen-bond acceptors (Lipinski definition) is 6. The smallest absolute Gasteiger partial charge is 0.225 e. The minimum Gasteiger partial charge on any atom is -0.394 e. The van der Waals surface area contributed by atoms with E-state index in [9.17, 15) is 20.4 Å². The monoisotopic (exact) mass is 448 g/mol. The summed E-state index contributed by atoms with van der Waals surface area (Å²) in [5.41, 5.74) is 4.50. The number of fused-ring (bicyclic) bond motifs is 2. The van der Waals surface area contributed by atoms with Crippen LogP contribution in [0.2, 0.25) is 5.02 Å². The minimum absolute atomic E-state index is 0.0660. The van der Waals surface area contributed by atoms with Crippen molar-refractivity contribution in [1.82, 2.24) is 0 Å². The zero-order valence-electron chi connectivity index (χ0n) is 17.9. The van der Waals surface area contributed by atoms with Crippen LogP contribution in [0.4, 0.5) is 0 Å². The zero-order valence-corrected chi connectivity index (χ0v) is 18.6. The van der Waals surface area contributed by atoms with Gasteiger partial charge >= 0.3 is 0 Å². The van der Waals surface area contributed by atoms with E-state index in [1.54, 1.807) is 6.07 Å². The summed E-state index contributed by atoms with van der Waals surface area (Å²) in [5, 5.41) is 41.3. The van der Waals surface area contributed by atoms with E-state index >= 15 is 0 Å². The number of hydrogen-bond donors (Lipinski definition) is 4. The highest BCUT2D eigenvalue weighted by Crippen LogP contribution is 2.47. The highest BCUT2D eigenvalue weighted by Gasteiger charge is 2.58. The molecule has 0 aliphatic carbocycles. The van der Waals surface area contributed by atoms with Gasteiger partial charge in [0.1, 0.15) is 24.4 Å². The second-order valence-electron chi connectivity index (χ2n) is 9.45. The fourth-order valence-corrected chi connectivity index (χ4v) is 4.58. The summed E-state index contributed by atoms with van der Waals surface area (Å²) in [4.78, 5) is 0. The van der Waals surface area contributed by atoms with Crippen LogP contribution in [0.5, 0.6) is 0 Å². The molecule has 1 fully saturated rings. The van der Waals surface area contributed by atoms with Crippen molar-refractivity contribution in [2.75, 3.05) is 6.61 Å². The van der Waals surface area contributed by atoms with Gasteiger partial charge in [0, 0.05) is 10.6 Å². The third kappa shape index (κ3) is 3.91. The largest absolute Gasteiger partial charge is 0.394 e. The van der Waals surface area contributed by atoms with Crippen LogP contribution in [0, 0.1) is 0 Å². The highest BCUT2D eigenvalue weighted by molar-refractivity contribution is 6.31. The summed E-state index contributed by atoms with van der Waals surface area (Å²) >= 11 is 6.54. The third-order valence-electron chi connectivity index (χ3n) is 6.25. The van der Waals surface area contributed by atoms with Crippen molar-refractivity contribution in [3.8, 4) is 0 Å². The van der Waals surface area contributed by atoms with Crippen molar-refractivity contribution in [1.29, 1.82) is 0 Å². The summed E-state index contributed by atoms with van der Waals surface area (Å²) in [6.07, 6.45) is -5.00. The molecule has 0 saturated carbocycles. The standard InChI is InChI=1S/C24H29ClO6/c1-23(2,3)16-6-4-13(5-7-16)8-14-9-17-15(10-18(14)25)12-30-24(17)22(29)21(28)20(27)19(11-26)31-24/h4-7,9-10,19-22,26-29H,8,11-12H2,1-3H3/t19-,20-,21+,22-,24+/m1/s1. The first-order valence-corrected chi connectivity index (χ1v) is 10.8. The van der Waals surface area contributed by atoms with Crippen LogP contribution in [0.15, 0.2) is 36.4 Å². The first-order valence-electron chi connectivity index (χ1n) is 10.4. The van der Waals surface area contributed by atoms with Crippen molar-refractivity contribution >= 4 is 11.6 Å². The van der Waals surface area contributed by atoms with Crippen molar-refractivity contribution in [2.24, 2.45) is 0 Å². The zero-order chi connectivity index (χ0) is 22.6. The summed E-state index contributed by atoms with van der Waals surface area (Å²) in [6, 6.07) is 12.0. The molecule has 4 N–H and O–H groups in total. The van der Waals surface area contributed by atoms with Crippen molar-refractivity contribution in [3.05, 3.63) is 69.2 Å². The molecule has 6 nitrogen and oxygen atoms in total. The summed E-state index contributed by atoms with van der Waals surface area (Å²) < 4.78 is 11.6. The van der Waals surface area contributed by atoms with Gasteiger partial charge in [-0.1, -0.05) is 56.6 Å². The fourth-order valence-electron chi connectivity index (χ4n) is 4.33. The lowest BCUT2D eigenvalue weighted by Gasteiger charge is -2.46. The van der Waals surface area contributed by atoms with Crippen molar-refractivity contribution in [2.45, 2.75) is 69.4 Å². The van der Waals surface area contributed by atoms with Crippen LogP contribution in [-0.4, -0.2) is 51.4 Å². The second-order valence-corrected chi connectivity index (χ2v) is 9.85. The van der Waals surface area contributed by atoms with Crippen molar-refractivity contribution in [3.63, 3.8) is 0 Å². The SMILES string of the molecule is CC(C)(C)c1ccc(Cc2cc3c(cc2Cl)CO[C@]32O[C@H](CO)[C@@H](O)[C@H](O)[C@H]2O)cc1. The molecule has 2 aliphatic heterocycles. The molecule has 2 aliphatic rings. The van der Waals surface area contributed by atoms with Gasteiger partial charge in [-0.3, -0.25) is 0 Å². The summed E-state index contributed by atoms with van der Waals surface area (Å²) in [7, 11) is 0. The molecule has 1 saturated heterocycles. The van der Waals surface area contributed by atoms with Gasteiger partial charge in [-0.25, -0.2) is 0 Å². The van der Waals surface area contributed by atoms with E-state index < -0.39 is 36.8 Å². The van der Waals surface area contributed by atoms with E-state index in [1.165, 1.54) is 5.56 Å². The Labute approximate surface area is 187 Å². The maximum Gasteiger partial charge on any atom is 0.225 e. The van der Waals surface area contributed by atoms with Crippen LogP contribution in [0.1, 0.15) is 48.6 Å². The number of aliphatic hydroxyl groups is 4. The second kappa shape index (κ2) is 8.12. The predicted octanol–water partition coefficient (Wildman–Crippen LogP) is 2.39. The lowest BCUT2D eigenvalue weighted by Crippen LogP contribution is -2.63. The fraction of sp³-hybridized carbons (Fsp3) is 0.500. The van der Waals surface area contributed by atoms with E-state index in [4.69, 9.17) is 21.1 Å². The Hall–Kier alpha value is -1.51. The Morgan fingerprint density at radius 2 is 1.74 bits per heavy atom. The average molecular weight is 449 g/mol. The van der Waals surface area contributed by atoms with Crippen LogP contribution < -0.4 is 0 Å². The van der Waals surface area contributed by atoms with Gasteiger partial charge in [0.15, 0.2) is 0 Å². The van der Waals surface area contributed by atoms with Gasteiger partial charge in [0.25, 0.3) is 0 Å². The maximum atomic E-state index is 10.7. The van der Waals surface area contributed by atoms with Gasteiger partial charge in [0.2, 0.25) is 5.79 Å². The van der Waals surface area contributed by atoms with Crippen molar-refractivity contribution < 1.29 is 29.9 Å². The maximum absolute atomic E-state index is 10.7. The number of halogens is 1. The third-order valence-corrected chi connectivity index (χ3v) is 6.61. The Morgan fingerprint density at radius 3 is 2.35 bits per heavy atom. The van der Waals surface area contributed by atoms with Crippen LogP contribution in [-0.2, 0) is 33.7 Å². The normalized spacial score (nSPS) is 30.6. The van der Waals surface area contributed by atoms with E-state index in [-0.39, 0.29) is 12.0 Å². The molecule has 0 radical (unpaired) electrons. The van der Waals surface area contributed by atoms with Gasteiger partial charge in [-0.2, -0.15) is 0 Å². The molecule has 7 heteroatoms. The number of rotatable bonds is 3. The Kier molecular flexibility index (Phi) is 5.94. The molecule has 31 heavy (non-hydrogen) atoms. The van der Waals surface area contributed by atoms with Gasteiger partial charge < -0.3 is 29.9 Å². The van der Waals surface area contributed by atoms with Gasteiger partial charge in [0.05, 0.1) is 13.2 Å². The number of benzene rings is 2. The van der Waals surface area contributed by atoms with E-state index in [1.807, 2.05) is 6.07 Å². The van der Waals surface area contributed by atoms with Crippen LogP contribution in [0.3, 0.4) is 0 Å². The molecular weight excluding hydrogens is 420 g/mol. The molecule has 0 unspecified atom stereocenters. The first-order chi connectivity index (χ1) is 14.6. The van der Waals surface area contributed by atoms with Gasteiger partial charge in [-0.15, -0.1) is 0 Å². The summed E-state index contributed by atoms with van der Waals surface area (Å²) in [5.74, 6) is -1.67. The lowest BCUT2D eigenvalue weighted by molar-refractivity contribution is -0.368. The molecule has 5 atom stereocenters. The van der Waals surface area contributed by atoms with E-state index in [0.29, 0.717) is 17.0 Å². The molecule has 0 bridgehead atoms. The lowest BCUT2D eigenvalue weighted by atomic mass is 9.85. The Morgan fingerprint density at radius 1 is 1.06 bits per heavy atom. The van der Waals surface area contributed by atoms with E-state index in [0.717, 1.165) is 16.7 Å². The quantitative estimate of drug-likeness (QED) is 0.575. The minimum atomic E-state index is -1.67. The van der Waals surface area contributed by atoms with E-state index in [2.05, 4.69) is 45.0 Å². The molecule has 2 heterocycles. The number of aliphatic hydroxyl groups excluding tert-OH is 4. The van der Waals surface area contributed by atoms with Crippen LogP contribution >= 0.6 is 11.6 Å². The molecule has 168 valence electrons. The van der Waals surface area contributed by atoms with Crippen LogP contribution in [0.25, 0.3) is 0 Å². The molecular formula is C24H29ClO6. The predicted molar refractivity (Wildman–Crippen MR) is 116 cm³/mol. The number of ether oxygens (including phenoxy) is 2. The molecule has 1 spiro atoms. The highest BCUT2D eigenvalue weighted by atomic mass is 35.5.